The Hall–Kier alpha value is -2.59. The predicted molar refractivity (Wildman–Crippen MR) is 80.9 cm³/mol. The van der Waals surface area contributed by atoms with Gasteiger partial charge in [-0.1, -0.05) is 30.3 Å². The number of para-hydroxylation sites is 3. The average Bonchev–Trinajstić information content (AvgIpc) is 3.10. The van der Waals surface area contributed by atoms with Gasteiger partial charge in [0.25, 0.3) is 0 Å². The van der Waals surface area contributed by atoms with Gasteiger partial charge in [-0.05, 0) is 18.2 Å². The topological polar surface area (TPSA) is 65.2 Å². The van der Waals surface area contributed by atoms with Crippen molar-refractivity contribution in [2.45, 2.75) is 12.5 Å². The van der Waals surface area contributed by atoms with E-state index in [2.05, 4.69) is 4.98 Å². The van der Waals surface area contributed by atoms with Crippen LogP contribution >= 0.6 is 0 Å². The molecule has 4 heteroatoms. The molecule has 2 aromatic heterocycles. The molecular formula is C17H14N2O2. The van der Waals surface area contributed by atoms with Crippen LogP contribution in [-0.4, -0.2) is 4.98 Å². The monoisotopic (exact) mass is 278 g/mol. The Morgan fingerprint density at radius 1 is 1.00 bits per heavy atom. The van der Waals surface area contributed by atoms with Crippen LogP contribution in [0.25, 0.3) is 22.1 Å². The number of furan rings is 1. The summed E-state index contributed by atoms with van der Waals surface area (Å²) >= 11 is 0. The van der Waals surface area contributed by atoms with E-state index in [9.17, 15) is 0 Å². The number of rotatable bonds is 3. The molecule has 0 saturated carbocycles. The molecule has 21 heavy (non-hydrogen) atoms. The Bertz CT molecular complexity index is 874. The Kier molecular flexibility index (Phi) is 2.75. The van der Waals surface area contributed by atoms with E-state index in [1.54, 1.807) is 6.26 Å². The molecular weight excluding hydrogens is 264 g/mol. The fraction of sp³-hybridized carbons (Fsp3) is 0.118. The maximum atomic E-state index is 6.30. The molecule has 0 saturated heterocycles. The van der Waals surface area contributed by atoms with Crippen molar-refractivity contribution in [2.75, 3.05) is 0 Å². The molecule has 1 atom stereocenters. The number of hydrogen-bond donors (Lipinski definition) is 1. The summed E-state index contributed by atoms with van der Waals surface area (Å²) in [7, 11) is 0. The van der Waals surface area contributed by atoms with Gasteiger partial charge in [-0.2, -0.15) is 0 Å². The minimum atomic E-state index is -0.207. The summed E-state index contributed by atoms with van der Waals surface area (Å²) in [4.78, 5) is 4.47. The van der Waals surface area contributed by atoms with Gasteiger partial charge in [0.15, 0.2) is 11.5 Å². The van der Waals surface area contributed by atoms with Gasteiger partial charge in [-0.15, -0.1) is 0 Å². The SMILES string of the molecule is NC(Cc1nc2ccccc2o1)c1coc2ccccc12. The van der Waals surface area contributed by atoms with Crippen molar-refractivity contribution in [1.29, 1.82) is 0 Å². The first-order valence-corrected chi connectivity index (χ1v) is 6.87. The molecule has 2 heterocycles. The highest BCUT2D eigenvalue weighted by Gasteiger charge is 2.16. The fourth-order valence-electron chi connectivity index (χ4n) is 2.59. The van der Waals surface area contributed by atoms with Crippen LogP contribution in [0.4, 0.5) is 0 Å². The van der Waals surface area contributed by atoms with E-state index in [0.717, 1.165) is 27.6 Å². The van der Waals surface area contributed by atoms with E-state index < -0.39 is 0 Å². The molecule has 0 radical (unpaired) electrons. The van der Waals surface area contributed by atoms with Crippen molar-refractivity contribution in [3.63, 3.8) is 0 Å². The highest BCUT2D eigenvalue weighted by atomic mass is 16.3. The summed E-state index contributed by atoms with van der Waals surface area (Å²) in [6.07, 6.45) is 2.26. The Labute approximate surface area is 121 Å². The van der Waals surface area contributed by atoms with Gasteiger partial charge in [0.05, 0.1) is 6.26 Å². The molecule has 4 aromatic rings. The molecule has 4 nitrogen and oxygen atoms in total. The largest absolute Gasteiger partial charge is 0.464 e. The lowest BCUT2D eigenvalue weighted by molar-refractivity contribution is 0.500. The summed E-state index contributed by atoms with van der Waals surface area (Å²) < 4.78 is 11.3. The molecule has 1 unspecified atom stereocenters. The van der Waals surface area contributed by atoms with Gasteiger partial charge in [0.1, 0.15) is 11.1 Å². The second-order valence-corrected chi connectivity index (χ2v) is 5.07. The van der Waals surface area contributed by atoms with Crippen LogP contribution in [-0.2, 0) is 6.42 Å². The van der Waals surface area contributed by atoms with E-state index in [0.29, 0.717) is 12.3 Å². The second kappa shape index (κ2) is 4.75. The Morgan fingerprint density at radius 3 is 2.62 bits per heavy atom. The minimum absolute atomic E-state index is 0.207. The number of nitrogens with zero attached hydrogens (tertiary/aromatic N) is 1. The minimum Gasteiger partial charge on any atom is -0.464 e. The third-order valence-electron chi connectivity index (χ3n) is 3.64. The smallest absolute Gasteiger partial charge is 0.197 e. The van der Waals surface area contributed by atoms with Crippen LogP contribution in [0.3, 0.4) is 0 Å². The second-order valence-electron chi connectivity index (χ2n) is 5.07. The zero-order valence-electron chi connectivity index (χ0n) is 11.3. The van der Waals surface area contributed by atoms with Crippen molar-refractivity contribution in [3.8, 4) is 0 Å². The van der Waals surface area contributed by atoms with Crippen molar-refractivity contribution in [1.82, 2.24) is 4.98 Å². The van der Waals surface area contributed by atoms with Crippen molar-refractivity contribution in [3.05, 3.63) is 66.2 Å². The third kappa shape index (κ3) is 2.10. The molecule has 2 aromatic carbocycles. The van der Waals surface area contributed by atoms with Crippen LogP contribution in [0.5, 0.6) is 0 Å². The number of oxazole rings is 1. The molecule has 2 N–H and O–H groups in total. The van der Waals surface area contributed by atoms with Crippen LogP contribution in [0.15, 0.2) is 63.6 Å². The van der Waals surface area contributed by atoms with Crippen LogP contribution in [0.2, 0.25) is 0 Å². The number of hydrogen-bond acceptors (Lipinski definition) is 4. The lowest BCUT2D eigenvalue weighted by Gasteiger charge is -2.06. The zero-order chi connectivity index (χ0) is 14.2. The molecule has 0 spiro atoms. The average molecular weight is 278 g/mol. The van der Waals surface area contributed by atoms with Crippen molar-refractivity contribution in [2.24, 2.45) is 5.73 Å². The number of aromatic nitrogens is 1. The summed E-state index contributed by atoms with van der Waals surface area (Å²) in [5.41, 5.74) is 9.77. The number of benzene rings is 2. The normalized spacial score (nSPS) is 13.0. The van der Waals surface area contributed by atoms with Gasteiger partial charge in [-0.3, -0.25) is 0 Å². The summed E-state index contributed by atoms with van der Waals surface area (Å²) in [6, 6.07) is 15.4. The maximum absolute atomic E-state index is 6.30. The molecule has 4 rings (SSSR count). The van der Waals surface area contributed by atoms with Crippen LogP contribution in [0.1, 0.15) is 17.5 Å². The van der Waals surface area contributed by atoms with E-state index >= 15 is 0 Å². The first-order valence-electron chi connectivity index (χ1n) is 6.87. The van der Waals surface area contributed by atoms with Gasteiger partial charge in [0.2, 0.25) is 0 Å². The predicted octanol–water partition coefficient (Wildman–Crippen LogP) is 3.82. The highest BCUT2D eigenvalue weighted by Crippen LogP contribution is 2.27. The van der Waals surface area contributed by atoms with Gasteiger partial charge >= 0.3 is 0 Å². The molecule has 0 aliphatic carbocycles. The lowest BCUT2D eigenvalue weighted by atomic mass is 10.0. The first-order chi connectivity index (χ1) is 10.3. The quantitative estimate of drug-likeness (QED) is 0.618. The zero-order valence-corrected chi connectivity index (χ0v) is 11.3. The molecule has 0 aliphatic rings. The molecule has 0 aliphatic heterocycles. The van der Waals surface area contributed by atoms with E-state index in [-0.39, 0.29) is 6.04 Å². The lowest BCUT2D eigenvalue weighted by Crippen LogP contribution is -2.13. The number of nitrogens with two attached hydrogens (primary N) is 1. The van der Waals surface area contributed by atoms with Crippen molar-refractivity contribution >= 4 is 22.1 Å². The standard InChI is InChI=1S/C17H14N2O2/c18-13(12-10-20-15-7-3-1-5-11(12)15)9-17-19-14-6-2-4-8-16(14)21-17/h1-8,10,13H,9,18H2. The summed E-state index contributed by atoms with van der Waals surface area (Å²) in [5.74, 6) is 0.647. The highest BCUT2D eigenvalue weighted by molar-refractivity contribution is 5.81. The van der Waals surface area contributed by atoms with Crippen molar-refractivity contribution < 1.29 is 8.83 Å². The summed E-state index contributed by atoms with van der Waals surface area (Å²) in [6.45, 7) is 0. The molecule has 0 bridgehead atoms. The van der Waals surface area contributed by atoms with Gasteiger partial charge < -0.3 is 14.6 Å². The van der Waals surface area contributed by atoms with E-state index in [4.69, 9.17) is 14.6 Å². The first kappa shape index (κ1) is 12.2. The Balaban J connectivity index is 1.67. The number of fused-ring (bicyclic) bond motifs is 2. The third-order valence-corrected chi connectivity index (χ3v) is 3.64. The van der Waals surface area contributed by atoms with Crippen LogP contribution in [0, 0.1) is 0 Å². The molecule has 0 fully saturated rings. The Morgan fingerprint density at radius 2 is 1.76 bits per heavy atom. The van der Waals surface area contributed by atoms with Gasteiger partial charge in [-0.25, -0.2) is 4.98 Å². The summed E-state index contributed by atoms with van der Waals surface area (Å²) in [5, 5.41) is 1.04. The fourth-order valence-corrected chi connectivity index (χ4v) is 2.59. The molecule has 104 valence electrons. The molecule has 0 amide bonds. The van der Waals surface area contributed by atoms with E-state index in [1.165, 1.54) is 0 Å². The van der Waals surface area contributed by atoms with Crippen LogP contribution < -0.4 is 5.73 Å². The maximum Gasteiger partial charge on any atom is 0.197 e. The van der Waals surface area contributed by atoms with E-state index in [1.807, 2.05) is 48.5 Å². The van der Waals surface area contributed by atoms with Gasteiger partial charge in [0, 0.05) is 23.4 Å².